The van der Waals surface area contributed by atoms with Crippen LogP contribution in [0.3, 0.4) is 0 Å². The van der Waals surface area contributed by atoms with Crippen LogP contribution in [0.1, 0.15) is 11.6 Å². The predicted molar refractivity (Wildman–Crippen MR) is 97.2 cm³/mol. The Kier molecular flexibility index (Phi) is 5.25. The average molecular weight is 383 g/mol. The summed E-state index contributed by atoms with van der Waals surface area (Å²) >= 11 is 0. The van der Waals surface area contributed by atoms with Crippen molar-refractivity contribution in [2.75, 3.05) is 12.4 Å². The van der Waals surface area contributed by atoms with Crippen molar-refractivity contribution < 1.29 is 23.5 Å². The molecule has 3 aromatic rings. The molecular formula is C19H14FN3O5. The molecule has 1 atom stereocenters. The highest BCUT2D eigenvalue weighted by Crippen LogP contribution is 2.18. The van der Waals surface area contributed by atoms with E-state index in [1.54, 1.807) is 24.3 Å². The number of hydrogen-bond donors (Lipinski definition) is 2. The molecule has 1 aromatic heterocycles. The number of carbonyl (C=O) groups is 3. The quantitative estimate of drug-likeness (QED) is 0.392. The number of H-pyrrole nitrogens is 1. The summed E-state index contributed by atoms with van der Waals surface area (Å²) in [5.74, 6) is -5.88. The first-order valence-electron chi connectivity index (χ1n) is 8.08. The van der Waals surface area contributed by atoms with Crippen LogP contribution in [0, 0.1) is 5.82 Å². The first-order valence-corrected chi connectivity index (χ1v) is 8.08. The van der Waals surface area contributed by atoms with E-state index in [-0.39, 0.29) is 5.69 Å². The van der Waals surface area contributed by atoms with Crippen LogP contribution in [-0.2, 0) is 19.1 Å². The minimum Gasteiger partial charge on any atom is -0.468 e. The minimum atomic E-state index is -1.85. The van der Waals surface area contributed by atoms with E-state index in [1.165, 1.54) is 12.1 Å². The highest BCUT2D eigenvalue weighted by Gasteiger charge is 2.37. The number of carbonyl (C=O) groups excluding carboxylic acids is 3. The lowest BCUT2D eigenvalue weighted by atomic mass is 9.99. The van der Waals surface area contributed by atoms with Gasteiger partial charge in [-0.05, 0) is 36.4 Å². The number of para-hydroxylation sites is 2. The second-order valence-corrected chi connectivity index (χ2v) is 5.75. The number of hydrogen-bond acceptors (Lipinski definition) is 6. The Bertz CT molecular complexity index is 1120. The molecule has 8 nitrogen and oxygen atoms in total. The van der Waals surface area contributed by atoms with Gasteiger partial charge in [-0.2, -0.15) is 0 Å². The largest absolute Gasteiger partial charge is 0.468 e. The molecule has 28 heavy (non-hydrogen) atoms. The average Bonchev–Trinajstić information content (AvgIpc) is 2.69. The van der Waals surface area contributed by atoms with Gasteiger partial charge in [-0.25, -0.2) is 9.37 Å². The van der Waals surface area contributed by atoms with Crippen LogP contribution in [0.5, 0.6) is 0 Å². The molecule has 3 rings (SSSR count). The van der Waals surface area contributed by atoms with Crippen LogP contribution in [0.2, 0.25) is 0 Å². The lowest BCUT2D eigenvalue weighted by molar-refractivity contribution is -0.148. The molecule has 1 amide bonds. The maximum absolute atomic E-state index is 13.0. The number of halogens is 1. The van der Waals surface area contributed by atoms with Crippen LogP contribution in [0.15, 0.2) is 53.3 Å². The summed E-state index contributed by atoms with van der Waals surface area (Å²) < 4.78 is 17.6. The number of anilines is 1. The molecule has 0 unspecified atom stereocenters. The maximum atomic E-state index is 13.0. The van der Waals surface area contributed by atoms with Gasteiger partial charge in [0.15, 0.2) is 5.92 Å². The van der Waals surface area contributed by atoms with Crippen molar-refractivity contribution in [3.8, 4) is 0 Å². The summed E-state index contributed by atoms with van der Waals surface area (Å²) in [7, 11) is 1.02. The van der Waals surface area contributed by atoms with Crippen molar-refractivity contribution >= 4 is 34.4 Å². The van der Waals surface area contributed by atoms with Crippen LogP contribution in [0.25, 0.3) is 11.0 Å². The SMILES string of the molecule is COC(=O)[C@@H](C(=O)C(=O)Nc1ccc(F)cc1)c1nc2ccccc2[nH]c1=O. The molecular weight excluding hydrogens is 369 g/mol. The van der Waals surface area contributed by atoms with E-state index in [0.29, 0.717) is 11.0 Å². The number of nitrogens with one attached hydrogen (secondary N) is 2. The van der Waals surface area contributed by atoms with Gasteiger partial charge in [0.25, 0.3) is 11.5 Å². The molecule has 0 radical (unpaired) electrons. The molecule has 0 aliphatic carbocycles. The van der Waals surface area contributed by atoms with Crippen LogP contribution in [0.4, 0.5) is 10.1 Å². The van der Waals surface area contributed by atoms with Gasteiger partial charge >= 0.3 is 5.97 Å². The summed E-state index contributed by atoms with van der Waals surface area (Å²) in [6.07, 6.45) is 0. The molecule has 1 heterocycles. The van der Waals surface area contributed by atoms with Gasteiger partial charge < -0.3 is 15.0 Å². The summed E-state index contributed by atoms with van der Waals surface area (Å²) in [5, 5.41) is 2.25. The molecule has 142 valence electrons. The van der Waals surface area contributed by atoms with Gasteiger partial charge in [0.2, 0.25) is 5.78 Å². The van der Waals surface area contributed by atoms with Crippen molar-refractivity contribution in [3.05, 3.63) is 70.4 Å². The zero-order chi connectivity index (χ0) is 20.3. The molecule has 0 bridgehead atoms. The van der Waals surface area contributed by atoms with Gasteiger partial charge in [-0.15, -0.1) is 0 Å². The number of benzene rings is 2. The fourth-order valence-corrected chi connectivity index (χ4v) is 2.56. The van der Waals surface area contributed by atoms with Crippen molar-refractivity contribution in [3.63, 3.8) is 0 Å². The van der Waals surface area contributed by atoms with Crippen LogP contribution >= 0.6 is 0 Å². The molecule has 2 aromatic carbocycles. The minimum absolute atomic E-state index is 0.142. The summed E-state index contributed by atoms with van der Waals surface area (Å²) in [4.78, 5) is 56.1. The molecule has 0 aliphatic rings. The predicted octanol–water partition coefficient (Wildman–Crippen LogP) is 1.53. The smallest absolute Gasteiger partial charge is 0.323 e. The molecule has 0 saturated carbocycles. The fourth-order valence-electron chi connectivity index (χ4n) is 2.56. The highest BCUT2D eigenvalue weighted by molar-refractivity contribution is 6.45. The van der Waals surface area contributed by atoms with Gasteiger partial charge in [0, 0.05) is 5.69 Å². The molecule has 0 saturated heterocycles. The van der Waals surface area contributed by atoms with E-state index >= 15 is 0 Å². The topological polar surface area (TPSA) is 118 Å². The number of aromatic nitrogens is 2. The number of Topliss-reactive ketones (excluding diaryl/α,β-unsaturated/α-hetero) is 1. The zero-order valence-electron chi connectivity index (χ0n) is 14.6. The molecule has 0 aliphatic heterocycles. The third-order valence-electron chi connectivity index (χ3n) is 3.92. The Morgan fingerprint density at radius 2 is 1.79 bits per heavy atom. The first-order chi connectivity index (χ1) is 13.4. The summed E-state index contributed by atoms with van der Waals surface area (Å²) in [6, 6.07) is 11.2. The second-order valence-electron chi connectivity index (χ2n) is 5.75. The van der Waals surface area contributed by atoms with Crippen molar-refractivity contribution in [1.29, 1.82) is 0 Å². The van der Waals surface area contributed by atoms with E-state index in [9.17, 15) is 23.6 Å². The Labute approximate surface area is 157 Å². The number of aromatic amines is 1. The molecule has 9 heteroatoms. The van der Waals surface area contributed by atoms with Crippen molar-refractivity contribution in [1.82, 2.24) is 9.97 Å². The van der Waals surface area contributed by atoms with E-state index in [1.807, 2.05) is 0 Å². The van der Waals surface area contributed by atoms with E-state index in [0.717, 1.165) is 19.2 Å². The van der Waals surface area contributed by atoms with Gasteiger partial charge in [0.05, 0.1) is 18.1 Å². The van der Waals surface area contributed by atoms with Crippen molar-refractivity contribution in [2.24, 2.45) is 0 Å². The highest BCUT2D eigenvalue weighted by atomic mass is 19.1. The maximum Gasteiger partial charge on any atom is 0.323 e. The number of methoxy groups -OCH3 is 1. The van der Waals surface area contributed by atoms with E-state index in [2.05, 4.69) is 20.0 Å². The second kappa shape index (κ2) is 7.78. The summed E-state index contributed by atoms with van der Waals surface area (Å²) in [6.45, 7) is 0. The number of esters is 1. The van der Waals surface area contributed by atoms with Crippen LogP contribution in [-0.4, -0.2) is 34.7 Å². The molecule has 0 fully saturated rings. The Hall–Kier alpha value is -3.88. The molecule has 2 N–H and O–H groups in total. The fraction of sp³-hybridized carbons (Fsp3) is 0.105. The third-order valence-corrected chi connectivity index (χ3v) is 3.92. The van der Waals surface area contributed by atoms with E-state index in [4.69, 9.17) is 0 Å². The number of ether oxygens (including phenoxy) is 1. The van der Waals surface area contributed by atoms with Gasteiger partial charge in [-0.3, -0.25) is 19.2 Å². The lowest BCUT2D eigenvalue weighted by Crippen LogP contribution is -2.37. The van der Waals surface area contributed by atoms with Gasteiger partial charge in [0.1, 0.15) is 11.5 Å². The number of amides is 1. The zero-order valence-corrected chi connectivity index (χ0v) is 14.6. The van der Waals surface area contributed by atoms with Crippen LogP contribution < -0.4 is 10.9 Å². The van der Waals surface area contributed by atoms with E-state index < -0.39 is 40.6 Å². The standard InChI is InChI=1S/C19H14FN3O5/c1-28-19(27)14(15-17(25)23-13-5-3-2-4-12(13)22-15)16(24)18(26)21-11-8-6-10(20)7-9-11/h2-9,14H,1H3,(H,21,26)(H,23,25)/t14-/m1/s1. The van der Waals surface area contributed by atoms with Gasteiger partial charge in [-0.1, -0.05) is 12.1 Å². The monoisotopic (exact) mass is 383 g/mol. The first kappa shape index (κ1) is 18.9. The lowest BCUT2D eigenvalue weighted by Gasteiger charge is -2.13. The number of ketones is 1. The number of nitrogens with zero attached hydrogens (tertiary/aromatic N) is 1. The number of fused-ring (bicyclic) bond motifs is 1. The summed E-state index contributed by atoms with van der Waals surface area (Å²) in [5.41, 5.74) is -0.369. The molecule has 0 spiro atoms. The third kappa shape index (κ3) is 3.78. The van der Waals surface area contributed by atoms with Crippen molar-refractivity contribution in [2.45, 2.75) is 5.92 Å². The number of rotatable bonds is 5. The Morgan fingerprint density at radius 1 is 1.11 bits per heavy atom. The Balaban J connectivity index is 1.98. The normalized spacial score (nSPS) is 11.6. The Morgan fingerprint density at radius 3 is 2.46 bits per heavy atom.